The number of nitriles is 1. The minimum atomic E-state index is -3.34. The second kappa shape index (κ2) is 6.84. The summed E-state index contributed by atoms with van der Waals surface area (Å²) >= 11 is 0. The molecule has 1 saturated heterocycles. The highest BCUT2D eigenvalue weighted by Gasteiger charge is 2.17. The molecule has 1 aliphatic heterocycles. The van der Waals surface area contributed by atoms with Crippen LogP contribution in [0.2, 0.25) is 0 Å². The van der Waals surface area contributed by atoms with Crippen LogP contribution in [0.3, 0.4) is 0 Å². The minimum Gasteiger partial charge on any atom is -0.377 e. The molecule has 1 heterocycles. The lowest BCUT2D eigenvalue weighted by Crippen LogP contribution is -2.33. The maximum atomic E-state index is 12.1. The molecule has 1 aromatic rings. The SMILES string of the molecule is N#Cc1ccc(S(=O)(=O)CCOC2CCNCC2)cc1. The van der Waals surface area contributed by atoms with E-state index in [4.69, 9.17) is 10.00 Å². The van der Waals surface area contributed by atoms with E-state index in [1.165, 1.54) is 24.3 Å². The van der Waals surface area contributed by atoms with Gasteiger partial charge in [-0.2, -0.15) is 5.26 Å². The first-order chi connectivity index (χ1) is 9.62. The first-order valence-electron chi connectivity index (χ1n) is 6.67. The van der Waals surface area contributed by atoms with Crippen molar-refractivity contribution in [3.8, 4) is 6.07 Å². The standard InChI is InChI=1S/C14H18N2O3S/c15-11-12-1-3-14(4-2-12)20(17,18)10-9-19-13-5-7-16-8-6-13/h1-4,13,16H,5-10H2. The summed E-state index contributed by atoms with van der Waals surface area (Å²) in [5.41, 5.74) is 0.454. The highest BCUT2D eigenvalue weighted by molar-refractivity contribution is 7.91. The van der Waals surface area contributed by atoms with Crippen LogP contribution >= 0.6 is 0 Å². The van der Waals surface area contributed by atoms with Gasteiger partial charge >= 0.3 is 0 Å². The quantitative estimate of drug-likeness (QED) is 0.879. The first kappa shape index (κ1) is 15.0. The van der Waals surface area contributed by atoms with Gasteiger partial charge in [0.1, 0.15) is 0 Å². The molecular weight excluding hydrogens is 276 g/mol. The zero-order chi connectivity index (χ0) is 14.4. The summed E-state index contributed by atoms with van der Waals surface area (Å²) in [4.78, 5) is 0.241. The van der Waals surface area contributed by atoms with Gasteiger partial charge in [0.15, 0.2) is 9.84 Å². The van der Waals surface area contributed by atoms with Crippen LogP contribution in [0.4, 0.5) is 0 Å². The van der Waals surface area contributed by atoms with E-state index in [1.807, 2.05) is 6.07 Å². The lowest BCUT2D eigenvalue weighted by molar-refractivity contribution is 0.0427. The van der Waals surface area contributed by atoms with E-state index >= 15 is 0 Å². The van der Waals surface area contributed by atoms with Crippen LogP contribution in [-0.4, -0.2) is 40.0 Å². The maximum Gasteiger partial charge on any atom is 0.180 e. The van der Waals surface area contributed by atoms with Crippen molar-refractivity contribution in [2.24, 2.45) is 0 Å². The van der Waals surface area contributed by atoms with Gasteiger partial charge in [-0.25, -0.2) is 8.42 Å². The van der Waals surface area contributed by atoms with Crippen molar-refractivity contribution in [3.63, 3.8) is 0 Å². The summed E-state index contributed by atoms with van der Waals surface area (Å²) in [5, 5.41) is 11.9. The fraction of sp³-hybridized carbons (Fsp3) is 0.500. The number of nitrogens with zero attached hydrogens (tertiary/aromatic N) is 1. The first-order valence-corrected chi connectivity index (χ1v) is 8.32. The maximum absolute atomic E-state index is 12.1. The van der Waals surface area contributed by atoms with Gasteiger partial charge in [-0.3, -0.25) is 0 Å². The van der Waals surface area contributed by atoms with E-state index in [1.54, 1.807) is 0 Å². The molecule has 0 bridgehead atoms. The van der Waals surface area contributed by atoms with E-state index in [0.29, 0.717) is 5.56 Å². The lowest BCUT2D eigenvalue weighted by atomic mass is 10.1. The number of benzene rings is 1. The van der Waals surface area contributed by atoms with Crippen molar-refractivity contribution in [2.75, 3.05) is 25.4 Å². The molecule has 0 unspecified atom stereocenters. The zero-order valence-electron chi connectivity index (χ0n) is 11.2. The molecular formula is C14H18N2O3S. The van der Waals surface area contributed by atoms with Crippen molar-refractivity contribution in [1.29, 1.82) is 5.26 Å². The summed E-state index contributed by atoms with van der Waals surface area (Å²) in [5.74, 6) is -0.0250. The molecule has 0 amide bonds. The molecule has 0 aromatic heterocycles. The highest BCUT2D eigenvalue weighted by atomic mass is 32.2. The van der Waals surface area contributed by atoms with Gasteiger partial charge < -0.3 is 10.1 Å². The van der Waals surface area contributed by atoms with E-state index in [2.05, 4.69) is 5.32 Å². The van der Waals surface area contributed by atoms with E-state index in [0.717, 1.165) is 25.9 Å². The molecule has 2 rings (SSSR count). The van der Waals surface area contributed by atoms with Crippen LogP contribution in [0.5, 0.6) is 0 Å². The molecule has 1 fully saturated rings. The molecule has 0 saturated carbocycles. The summed E-state index contributed by atoms with van der Waals surface area (Å²) in [6.07, 6.45) is 2.01. The van der Waals surface area contributed by atoms with Gasteiger partial charge in [-0.1, -0.05) is 0 Å². The van der Waals surface area contributed by atoms with Crippen LogP contribution in [-0.2, 0) is 14.6 Å². The molecule has 20 heavy (non-hydrogen) atoms. The summed E-state index contributed by atoms with van der Waals surface area (Å²) in [6.45, 7) is 2.06. The Kier molecular flexibility index (Phi) is 5.12. The molecule has 1 aliphatic rings. The number of rotatable bonds is 5. The Balaban J connectivity index is 1.88. The number of piperidine rings is 1. The van der Waals surface area contributed by atoms with Gasteiger partial charge in [-0.05, 0) is 50.2 Å². The monoisotopic (exact) mass is 294 g/mol. The third-order valence-corrected chi connectivity index (χ3v) is 5.03. The van der Waals surface area contributed by atoms with Crippen molar-refractivity contribution in [2.45, 2.75) is 23.8 Å². The number of sulfone groups is 1. The van der Waals surface area contributed by atoms with E-state index in [-0.39, 0.29) is 23.4 Å². The number of hydrogen-bond acceptors (Lipinski definition) is 5. The fourth-order valence-corrected chi connectivity index (χ4v) is 3.24. The number of ether oxygens (including phenoxy) is 1. The van der Waals surface area contributed by atoms with Crippen molar-refractivity contribution in [3.05, 3.63) is 29.8 Å². The molecule has 5 nitrogen and oxygen atoms in total. The second-order valence-electron chi connectivity index (χ2n) is 4.78. The van der Waals surface area contributed by atoms with Crippen molar-refractivity contribution in [1.82, 2.24) is 5.32 Å². The lowest BCUT2D eigenvalue weighted by Gasteiger charge is -2.22. The van der Waals surface area contributed by atoms with Crippen LogP contribution in [0.15, 0.2) is 29.2 Å². The predicted molar refractivity (Wildman–Crippen MR) is 75.1 cm³/mol. The van der Waals surface area contributed by atoms with Crippen LogP contribution in [0.1, 0.15) is 18.4 Å². The van der Waals surface area contributed by atoms with Gasteiger partial charge in [-0.15, -0.1) is 0 Å². The molecule has 6 heteroatoms. The molecule has 0 spiro atoms. The predicted octanol–water partition coefficient (Wildman–Crippen LogP) is 1.10. The third kappa shape index (κ3) is 4.04. The number of nitrogens with one attached hydrogen (secondary N) is 1. The van der Waals surface area contributed by atoms with E-state index in [9.17, 15) is 8.42 Å². The van der Waals surface area contributed by atoms with Crippen LogP contribution < -0.4 is 5.32 Å². The van der Waals surface area contributed by atoms with Gasteiger partial charge in [0.05, 0.1) is 35.0 Å². The molecule has 1 N–H and O–H groups in total. The molecule has 1 aromatic carbocycles. The average molecular weight is 294 g/mol. The Morgan fingerprint density at radius 3 is 2.50 bits per heavy atom. The second-order valence-corrected chi connectivity index (χ2v) is 6.88. The average Bonchev–Trinajstić information content (AvgIpc) is 2.48. The van der Waals surface area contributed by atoms with Gasteiger partial charge in [0.25, 0.3) is 0 Å². The van der Waals surface area contributed by atoms with Gasteiger partial charge in [0.2, 0.25) is 0 Å². The Morgan fingerprint density at radius 2 is 1.90 bits per heavy atom. The molecule has 0 aliphatic carbocycles. The minimum absolute atomic E-state index is 0.0250. The van der Waals surface area contributed by atoms with Crippen LogP contribution in [0, 0.1) is 11.3 Å². The normalized spacial score (nSPS) is 16.8. The van der Waals surface area contributed by atoms with Crippen molar-refractivity contribution < 1.29 is 13.2 Å². The Hall–Kier alpha value is -1.42. The Morgan fingerprint density at radius 1 is 1.25 bits per heavy atom. The summed E-state index contributed by atoms with van der Waals surface area (Å²) in [6, 6.07) is 7.94. The molecule has 0 atom stereocenters. The Labute approximate surface area is 119 Å². The molecule has 0 radical (unpaired) electrons. The fourth-order valence-electron chi connectivity index (χ4n) is 2.14. The smallest absolute Gasteiger partial charge is 0.180 e. The van der Waals surface area contributed by atoms with Gasteiger partial charge in [0, 0.05) is 0 Å². The third-order valence-electron chi connectivity index (χ3n) is 3.33. The topological polar surface area (TPSA) is 79.2 Å². The number of hydrogen-bond donors (Lipinski definition) is 1. The Bertz CT molecular complexity index is 569. The van der Waals surface area contributed by atoms with Crippen molar-refractivity contribution >= 4 is 9.84 Å². The summed E-state index contributed by atoms with van der Waals surface area (Å²) < 4.78 is 29.8. The van der Waals surface area contributed by atoms with Crippen LogP contribution in [0.25, 0.3) is 0 Å². The summed E-state index contributed by atoms with van der Waals surface area (Å²) in [7, 11) is -3.34. The largest absolute Gasteiger partial charge is 0.377 e. The highest BCUT2D eigenvalue weighted by Crippen LogP contribution is 2.13. The van der Waals surface area contributed by atoms with E-state index < -0.39 is 9.84 Å². The molecule has 108 valence electrons. The zero-order valence-corrected chi connectivity index (χ0v) is 12.0.